The van der Waals surface area contributed by atoms with Crippen molar-refractivity contribution in [1.29, 1.82) is 0 Å². The average Bonchev–Trinajstić information content (AvgIpc) is 3.38. The molecule has 0 fully saturated rings. The molecule has 4 heterocycles. The maximum absolute atomic E-state index is 12.9. The van der Waals surface area contributed by atoms with Gasteiger partial charge < -0.3 is 9.72 Å². The summed E-state index contributed by atoms with van der Waals surface area (Å²) in [6.45, 7) is 7.88. The van der Waals surface area contributed by atoms with E-state index in [0.29, 0.717) is 27.3 Å². The predicted molar refractivity (Wildman–Crippen MR) is 132 cm³/mol. The Labute approximate surface area is 199 Å². The van der Waals surface area contributed by atoms with Gasteiger partial charge in [-0.15, -0.1) is 11.3 Å². The lowest BCUT2D eigenvalue weighted by atomic mass is 10.0. The zero-order valence-electron chi connectivity index (χ0n) is 19.2. The van der Waals surface area contributed by atoms with E-state index in [1.165, 1.54) is 17.5 Å². The number of aromatic amines is 1. The van der Waals surface area contributed by atoms with Crippen LogP contribution in [0.5, 0.6) is 0 Å². The quantitative estimate of drug-likeness (QED) is 0.362. The first-order chi connectivity index (χ1) is 16.3. The van der Waals surface area contributed by atoms with Gasteiger partial charge in [0.1, 0.15) is 17.3 Å². The zero-order valence-corrected chi connectivity index (χ0v) is 20.1. The molecule has 172 valence electrons. The highest BCUT2D eigenvalue weighted by atomic mass is 32.1. The largest absolute Gasteiger partial charge is 0.454 e. The molecule has 0 aliphatic rings. The van der Waals surface area contributed by atoms with Gasteiger partial charge in [-0.25, -0.2) is 19.4 Å². The van der Waals surface area contributed by atoms with Gasteiger partial charge in [0.2, 0.25) is 0 Å². The lowest BCUT2D eigenvalue weighted by Crippen LogP contribution is -2.14. The number of nitrogens with one attached hydrogen (secondary N) is 1. The number of pyridine rings is 1. The summed E-state index contributed by atoms with van der Waals surface area (Å²) in [6, 6.07) is 9.92. The minimum absolute atomic E-state index is 0.149. The van der Waals surface area contributed by atoms with Crippen molar-refractivity contribution in [1.82, 2.24) is 24.7 Å². The number of hydrogen-bond donors (Lipinski definition) is 1. The molecule has 8 nitrogen and oxygen atoms in total. The minimum Gasteiger partial charge on any atom is -0.454 e. The third-order valence-corrected chi connectivity index (χ3v) is 6.62. The molecule has 34 heavy (non-hydrogen) atoms. The van der Waals surface area contributed by atoms with E-state index in [0.717, 1.165) is 27.0 Å². The van der Waals surface area contributed by atoms with Crippen molar-refractivity contribution in [2.24, 2.45) is 0 Å². The van der Waals surface area contributed by atoms with Gasteiger partial charge in [-0.05, 0) is 39.3 Å². The van der Waals surface area contributed by atoms with Crippen LogP contribution in [0.2, 0.25) is 0 Å². The molecule has 0 radical (unpaired) electrons. The highest BCUT2D eigenvalue weighted by Crippen LogP contribution is 2.35. The summed E-state index contributed by atoms with van der Waals surface area (Å²) in [4.78, 5) is 38.9. The van der Waals surface area contributed by atoms with Gasteiger partial charge in [0, 0.05) is 28.1 Å². The number of carbonyl (C=O) groups is 1. The van der Waals surface area contributed by atoms with E-state index in [2.05, 4.69) is 20.1 Å². The smallest absolute Gasteiger partial charge is 0.340 e. The molecule has 0 saturated heterocycles. The monoisotopic (exact) mass is 473 g/mol. The highest BCUT2D eigenvalue weighted by molar-refractivity contribution is 7.19. The van der Waals surface area contributed by atoms with Crippen LogP contribution in [0.15, 0.2) is 47.5 Å². The fraction of sp³-hybridized carbons (Fsp3) is 0.240. The molecule has 1 aromatic carbocycles. The SMILES string of the molecule is Cc1ccc(-c2c(C)sc3nc(COC(=O)c4cnc5c(cnn5C(C)C)c4)[nH]c(=O)c23)cc1. The number of hydrogen-bond acceptors (Lipinski definition) is 7. The molecular weight excluding hydrogens is 450 g/mol. The number of H-pyrrole nitrogens is 1. The van der Waals surface area contributed by atoms with Crippen LogP contribution in [0, 0.1) is 13.8 Å². The fourth-order valence-electron chi connectivity index (χ4n) is 3.95. The van der Waals surface area contributed by atoms with Crippen LogP contribution in [0.25, 0.3) is 32.4 Å². The molecule has 1 N–H and O–H groups in total. The van der Waals surface area contributed by atoms with E-state index in [9.17, 15) is 9.59 Å². The van der Waals surface area contributed by atoms with E-state index in [1.807, 2.05) is 52.0 Å². The standard InChI is InChI=1S/C25H23N5O3S/c1-13(2)30-22-17(11-27-30)9-18(10-26-22)25(32)33-12-19-28-23(31)21-20(15(4)34-24(21)29-19)16-7-5-14(3)6-8-16/h5-11,13H,12H2,1-4H3,(H,28,29,31). The topological polar surface area (TPSA) is 103 Å². The fourth-order valence-corrected chi connectivity index (χ4v) is 5.01. The van der Waals surface area contributed by atoms with Gasteiger partial charge >= 0.3 is 5.97 Å². The molecule has 9 heteroatoms. The van der Waals surface area contributed by atoms with E-state index in [-0.39, 0.29) is 18.2 Å². The van der Waals surface area contributed by atoms with Crippen molar-refractivity contribution in [2.45, 2.75) is 40.3 Å². The minimum atomic E-state index is -0.544. The van der Waals surface area contributed by atoms with E-state index >= 15 is 0 Å². The second-order valence-electron chi connectivity index (χ2n) is 8.49. The summed E-state index contributed by atoms with van der Waals surface area (Å²) < 4.78 is 7.22. The first kappa shape index (κ1) is 22.0. The van der Waals surface area contributed by atoms with Crippen molar-refractivity contribution in [3.8, 4) is 11.1 Å². The molecular formula is C25H23N5O3S. The second-order valence-corrected chi connectivity index (χ2v) is 9.69. The van der Waals surface area contributed by atoms with E-state index in [1.54, 1.807) is 16.9 Å². The summed E-state index contributed by atoms with van der Waals surface area (Å²) in [5.41, 5.74) is 3.79. The van der Waals surface area contributed by atoms with Crippen molar-refractivity contribution >= 4 is 38.6 Å². The third kappa shape index (κ3) is 3.88. The van der Waals surface area contributed by atoms with Crippen LogP contribution in [0.1, 0.15) is 46.5 Å². The Hall–Kier alpha value is -3.85. The molecule has 0 spiro atoms. The number of carbonyl (C=O) groups excluding carboxylic acids is 1. The predicted octanol–water partition coefficient (Wildman–Crippen LogP) is 4.95. The summed E-state index contributed by atoms with van der Waals surface area (Å²) in [7, 11) is 0. The Morgan fingerprint density at radius 1 is 1.18 bits per heavy atom. The summed E-state index contributed by atoms with van der Waals surface area (Å²) in [5, 5.41) is 5.63. The number of fused-ring (bicyclic) bond motifs is 2. The summed E-state index contributed by atoms with van der Waals surface area (Å²) in [5.74, 6) is -0.249. The summed E-state index contributed by atoms with van der Waals surface area (Å²) >= 11 is 1.45. The van der Waals surface area contributed by atoms with Gasteiger partial charge in [0.05, 0.1) is 17.1 Å². The Bertz CT molecular complexity index is 1600. The van der Waals surface area contributed by atoms with Crippen LogP contribution in [-0.4, -0.2) is 30.7 Å². The Morgan fingerprint density at radius 2 is 1.94 bits per heavy atom. The molecule has 0 bridgehead atoms. The van der Waals surface area contributed by atoms with Gasteiger partial charge in [-0.2, -0.15) is 5.10 Å². The lowest BCUT2D eigenvalue weighted by Gasteiger charge is -2.07. The molecule has 5 rings (SSSR count). The van der Waals surface area contributed by atoms with Gasteiger partial charge in [-0.1, -0.05) is 29.8 Å². The number of esters is 1. The maximum atomic E-state index is 12.9. The number of benzene rings is 1. The van der Waals surface area contributed by atoms with Gasteiger partial charge in [-0.3, -0.25) is 4.79 Å². The molecule has 0 atom stereocenters. The van der Waals surface area contributed by atoms with Crippen molar-refractivity contribution < 1.29 is 9.53 Å². The Balaban J connectivity index is 1.39. The third-order valence-electron chi connectivity index (χ3n) is 5.63. The molecule has 0 saturated carbocycles. The average molecular weight is 474 g/mol. The second kappa shape index (κ2) is 8.49. The molecule has 4 aromatic heterocycles. The first-order valence-corrected chi connectivity index (χ1v) is 11.7. The Kier molecular flexibility index (Phi) is 5.49. The van der Waals surface area contributed by atoms with Crippen molar-refractivity contribution in [3.05, 3.63) is 74.9 Å². The number of ether oxygens (including phenoxy) is 1. The lowest BCUT2D eigenvalue weighted by molar-refractivity contribution is 0.0462. The Morgan fingerprint density at radius 3 is 2.68 bits per heavy atom. The maximum Gasteiger partial charge on any atom is 0.340 e. The number of aromatic nitrogens is 5. The highest BCUT2D eigenvalue weighted by Gasteiger charge is 2.18. The normalized spacial score (nSPS) is 11.6. The number of nitrogens with zero attached hydrogens (tertiary/aromatic N) is 4. The molecule has 0 aliphatic heterocycles. The number of thiophene rings is 1. The summed E-state index contributed by atoms with van der Waals surface area (Å²) in [6.07, 6.45) is 3.15. The van der Waals surface area contributed by atoms with Crippen LogP contribution in [0.4, 0.5) is 0 Å². The van der Waals surface area contributed by atoms with E-state index < -0.39 is 5.97 Å². The molecule has 0 amide bonds. The van der Waals surface area contributed by atoms with E-state index in [4.69, 9.17) is 4.74 Å². The van der Waals surface area contributed by atoms with Crippen LogP contribution in [-0.2, 0) is 11.3 Å². The van der Waals surface area contributed by atoms with Crippen molar-refractivity contribution in [2.75, 3.05) is 0 Å². The zero-order chi connectivity index (χ0) is 24.0. The molecule has 0 aliphatic carbocycles. The van der Waals surface area contributed by atoms with Gasteiger partial charge in [0.15, 0.2) is 5.65 Å². The number of rotatable bonds is 5. The molecule has 0 unspecified atom stereocenters. The van der Waals surface area contributed by atoms with Gasteiger partial charge in [0.25, 0.3) is 5.56 Å². The molecule has 5 aromatic rings. The van der Waals surface area contributed by atoms with Crippen LogP contribution < -0.4 is 5.56 Å². The number of aryl methyl sites for hydroxylation is 2. The van der Waals surface area contributed by atoms with Crippen LogP contribution in [0.3, 0.4) is 0 Å². The first-order valence-electron chi connectivity index (χ1n) is 10.9. The van der Waals surface area contributed by atoms with Crippen molar-refractivity contribution in [3.63, 3.8) is 0 Å². The van der Waals surface area contributed by atoms with Crippen LogP contribution >= 0.6 is 11.3 Å².